The van der Waals surface area contributed by atoms with E-state index in [0.29, 0.717) is 6.04 Å². The molecule has 16 heavy (non-hydrogen) atoms. The fourth-order valence-electron chi connectivity index (χ4n) is 1.34. The van der Waals surface area contributed by atoms with Crippen LogP contribution in [0, 0.1) is 0 Å². The number of thiophene rings is 1. The van der Waals surface area contributed by atoms with E-state index in [0.717, 1.165) is 21.8 Å². The Balaban J connectivity index is 2.07. The lowest BCUT2D eigenvalue weighted by molar-refractivity contribution is 0.575. The first-order chi connectivity index (χ1) is 7.65. The molecule has 0 radical (unpaired) electrons. The molecule has 0 aromatic carbocycles. The molecule has 0 aliphatic heterocycles. The summed E-state index contributed by atoms with van der Waals surface area (Å²) in [6.07, 6.45) is 1.88. The van der Waals surface area contributed by atoms with E-state index < -0.39 is 0 Å². The Morgan fingerprint density at radius 2 is 2.31 bits per heavy atom. The van der Waals surface area contributed by atoms with Gasteiger partial charge >= 0.3 is 0 Å². The summed E-state index contributed by atoms with van der Waals surface area (Å²) in [5.41, 5.74) is 1.08. The number of halogens is 1. The number of H-pyrrole nitrogens is 1. The summed E-state index contributed by atoms with van der Waals surface area (Å²) in [7, 11) is 0. The van der Waals surface area contributed by atoms with Crippen molar-refractivity contribution in [2.75, 3.05) is 0 Å². The highest BCUT2D eigenvalue weighted by molar-refractivity contribution is 9.11. The van der Waals surface area contributed by atoms with Crippen molar-refractivity contribution >= 4 is 27.3 Å². The van der Waals surface area contributed by atoms with Gasteiger partial charge in [0.25, 0.3) is 0 Å². The molecule has 0 saturated carbocycles. The van der Waals surface area contributed by atoms with Crippen LogP contribution in [0.5, 0.6) is 0 Å². The molecule has 0 bridgehead atoms. The van der Waals surface area contributed by atoms with Crippen LogP contribution in [-0.4, -0.2) is 16.0 Å². The van der Waals surface area contributed by atoms with Gasteiger partial charge in [-0.05, 0) is 28.1 Å². The maximum Gasteiger partial charge on any atom is 0.120 e. The number of hydrogen-bond acceptors (Lipinski definition) is 3. The predicted octanol–water partition coefficient (Wildman–Crippen LogP) is 3.40. The molecule has 0 fully saturated rings. The molecule has 2 rings (SSSR count). The molecule has 2 aromatic heterocycles. The largest absolute Gasteiger partial charge is 0.340 e. The van der Waals surface area contributed by atoms with Gasteiger partial charge < -0.3 is 10.3 Å². The minimum absolute atomic E-state index is 0.476. The van der Waals surface area contributed by atoms with Crippen LogP contribution < -0.4 is 5.32 Å². The molecule has 0 aliphatic carbocycles. The van der Waals surface area contributed by atoms with E-state index >= 15 is 0 Å². The molecule has 0 aliphatic rings. The van der Waals surface area contributed by atoms with Crippen molar-refractivity contribution in [1.29, 1.82) is 0 Å². The molecule has 2 aromatic rings. The van der Waals surface area contributed by atoms with Crippen LogP contribution in [0.1, 0.15) is 19.7 Å². The van der Waals surface area contributed by atoms with Gasteiger partial charge in [-0.25, -0.2) is 4.98 Å². The van der Waals surface area contributed by atoms with Gasteiger partial charge in [0.15, 0.2) is 0 Å². The molecule has 2 N–H and O–H groups in total. The Morgan fingerprint density at radius 1 is 1.50 bits per heavy atom. The minimum atomic E-state index is 0.476. The van der Waals surface area contributed by atoms with Crippen LogP contribution in [0.25, 0.3) is 10.6 Å². The summed E-state index contributed by atoms with van der Waals surface area (Å²) in [5, 5.41) is 3.33. The number of aromatic nitrogens is 2. The van der Waals surface area contributed by atoms with Crippen LogP contribution in [-0.2, 0) is 6.54 Å². The van der Waals surface area contributed by atoms with Crippen molar-refractivity contribution in [3.63, 3.8) is 0 Å². The third-order valence-corrected chi connectivity index (χ3v) is 3.80. The highest BCUT2D eigenvalue weighted by Gasteiger charge is 2.05. The van der Waals surface area contributed by atoms with Crippen molar-refractivity contribution in [3.05, 3.63) is 27.9 Å². The Labute approximate surface area is 107 Å². The third kappa shape index (κ3) is 2.93. The van der Waals surface area contributed by atoms with E-state index in [1.54, 1.807) is 11.3 Å². The number of nitrogens with zero attached hydrogens (tertiary/aromatic N) is 1. The summed E-state index contributed by atoms with van der Waals surface area (Å²) in [4.78, 5) is 8.87. The topological polar surface area (TPSA) is 40.7 Å². The van der Waals surface area contributed by atoms with E-state index in [4.69, 9.17) is 0 Å². The van der Waals surface area contributed by atoms with Gasteiger partial charge in [0, 0.05) is 6.04 Å². The lowest BCUT2D eigenvalue weighted by Crippen LogP contribution is -2.22. The quantitative estimate of drug-likeness (QED) is 0.908. The highest BCUT2D eigenvalue weighted by Crippen LogP contribution is 2.29. The van der Waals surface area contributed by atoms with Gasteiger partial charge in [-0.15, -0.1) is 11.3 Å². The summed E-state index contributed by atoms with van der Waals surface area (Å²) >= 11 is 5.16. The summed E-state index contributed by atoms with van der Waals surface area (Å²) < 4.78 is 1.14. The van der Waals surface area contributed by atoms with Crippen molar-refractivity contribution in [3.8, 4) is 10.6 Å². The van der Waals surface area contributed by atoms with Gasteiger partial charge in [-0.3, -0.25) is 0 Å². The molecule has 0 unspecified atom stereocenters. The van der Waals surface area contributed by atoms with Crippen molar-refractivity contribution < 1.29 is 0 Å². The first-order valence-electron chi connectivity index (χ1n) is 5.18. The van der Waals surface area contributed by atoms with Gasteiger partial charge in [0.05, 0.1) is 27.1 Å². The van der Waals surface area contributed by atoms with E-state index in [-0.39, 0.29) is 0 Å². The Kier molecular flexibility index (Phi) is 3.78. The smallest absolute Gasteiger partial charge is 0.120 e. The molecular weight excluding hydrogens is 286 g/mol. The fraction of sp³-hybridized carbons (Fsp3) is 0.364. The van der Waals surface area contributed by atoms with Crippen LogP contribution in [0.4, 0.5) is 0 Å². The second-order valence-corrected chi connectivity index (χ2v) is 6.35. The Bertz CT molecular complexity index is 461. The third-order valence-electron chi connectivity index (χ3n) is 2.14. The van der Waals surface area contributed by atoms with Gasteiger partial charge in [-0.2, -0.15) is 0 Å². The zero-order valence-corrected chi connectivity index (χ0v) is 11.7. The summed E-state index contributed by atoms with van der Waals surface area (Å²) in [6.45, 7) is 5.03. The standard InChI is InChI=1S/C11H14BrN3S/c1-7(2)13-6-11-14-5-8(15-11)9-3-4-10(12)16-9/h3-5,7,13H,6H2,1-2H3,(H,14,15). The molecular formula is C11H14BrN3S. The lowest BCUT2D eigenvalue weighted by Gasteiger charge is -2.04. The van der Waals surface area contributed by atoms with Gasteiger partial charge in [0.2, 0.25) is 0 Å². The van der Waals surface area contributed by atoms with Crippen molar-refractivity contribution in [2.24, 2.45) is 0 Å². The second kappa shape index (κ2) is 5.12. The minimum Gasteiger partial charge on any atom is -0.340 e. The molecule has 0 atom stereocenters. The average molecular weight is 300 g/mol. The predicted molar refractivity (Wildman–Crippen MR) is 71.6 cm³/mol. The average Bonchev–Trinajstić information content (AvgIpc) is 2.83. The fourth-order valence-corrected chi connectivity index (χ4v) is 2.69. The maximum atomic E-state index is 4.35. The van der Waals surface area contributed by atoms with Crippen LogP contribution in [0.15, 0.2) is 22.1 Å². The maximum absolute atomic E-state index is 4.35. The molecule has 2 heterocycles. The molecule has 5 heteroatoms. The van der Waals surface area contributed by atoms with Crippen molar-refractivity contribution in [1.82, 2.24) is 15.3 Å². The first-order valence-corrected chi connectivity index (χ1v) is 6.79. The van der Waals surface area contributed by atoms with Gasteiger partial charge in [0.1, 0.15) is 5.82 Å². The number of aromatic amines is 1. The molecule has 3 nitrogen and oxygen atoms in total. The zero-order valence-electron chi connectivity index (χ0n) is 9.25. The molecule has 86 valence electrons. The second-order valence-electron chi connectivity index (χ2n) is 3.88. The first kappa shape index (κ1) is 11.8. The Morgan fingerprint density at radius 3 is 2.94 bits per heavy atom. The van der Waals surface area contributed by atoms with Crippen LogP contribution >= 0.6 is 27.3 Å². The lowest BCUT2D eigenvalue weighted by atomic mass is 10.4. The number of hydrogen-bond donors (Lipinski definition) is 2. The summed E-state index contributed by atoms with van der Waals surface area (Å²) in [5.74, 6) is 0.980. The highest BCUT2D eigenvalue weighted by atomic mass is 79.9. The molecule has 0 saturated heterocycles. The SMILES string of the molecule is CC(C)NCc1ncc(-c2ccc(Br)s2)[nH]1. The van der Waals surface area contributed by atoms with Crippen LogP contribution in [0.3, 0.4) is 0 Å². The summed E-state index contributed by atoms with van der Waals surface area (Å²) in [6, 6.07) is 4.61. The number of nitrogens with one attached hydrogen (secondary N) is 2. The Hall–Kier alpha value is -0.650. The van der Waals surface area contributed by atoms with E-state index in [1.165, 1.54) is 4.88 Å². The molecule has 0 spiro atoms. The van der Waals surface area contributed by atoms with E-state index in [1.807, 2.05) is 12.3 Å². The van der Waals surface area contributed by atoms with Crippen molar-refractivity contribution in [2.45, 2.75) is 26.4 Å². The van der Waals surface area contributed by atoms with Gasteiger partial charge in [-0.1, -0.05) is 13.8 Å². The number of imidazole rings is 1. The normalized spacial score (nSPS) is 11.2. The van der Waals surface area contributed by atoms with E-state index in [2.05, 4.69) is 51.1 Å². The number of rotatable bonds is 4. The van der Waals surface area contributed by atoms with E-state index in [9.17, 15) is 0 Å². The molecule has 0 amide bonds. The monoisotopic (exact) mass is 299 g/mol. The van der Waals surface area contributed by atoms with Crippen LogP contribution in [0.2, 0.25) is 0 Å². The zero-order chi connectivity index (χ0) is 11.5.